The van der Waals surface area contributed by atoms with Gasteiger partial charge in [0.25, 0.3) is 0 Å². The highest BCUT2D eigenvalue weighted by atomic mass is 32.2. The molecule has 1 aromatic carbocycles. The first-order valence-corrected chi connectivity index (χ1v) is 9.89. The average Bonchev–Trinajstić information content (AvgIpc) is 2.48. The fourth-order valence-electron chi connectivity index (χ4n) is 2.40. The number of sulfonamides is 1. The van der Waals surface area contributed by atoms with Crippen LogP contribution in [-0.4, -0.2) is 48.9 Å². The Morgan fingerprint density at radius 2 is 1.74 bits per heavy atom. The van der Waals surface area contributed by atoms with Crippen molar-refractivity contribution in [3.63, 3.8) is 0 Å². The maximum absolute atomic E-state index is 12.5. The minimum absolute atomic E-state index is 0.0198. The third-order valence-electron chi connectivity index (χ3n) is 3.66. The summed E-state index contributed by atoms with van der Waals surface area (Å²) >= 11 is 0. The van der Waals surface area contributed by atoms with Gasteiger partial charge in [-0.2, -0.15) is 0 Å². The Morgan fingerprint density at radius 1 is 1.13 bits per heavy atom. The molecule has 130 valence electrons. The molecule has 1 aromatic rings. The number of hydrogen-bond acceptors (Lipinski definition) is 3. The molecule has 5 nitrogen and oxygen atoms in total. The third kappa shape index (κ3) is 6.71. The molecule has 0 aliphatic rings. The summed E-state index contributed by atoms with van der Waals surface area (Å²) in [5.41, 5.74) is 1.07. The van der Waals surface area contributed by atoms with Crippen molar-refractivity contribution >= 4 is 15.9 Å². The molecule has 0 heterocycles. The predicted molar refractivity (Wildman–Crippen MR) is 93.5 cm³/mol. The Bertz CT molecular complexity index is 585. The van der Waals surface area contributed by atoms with Crippen molar-refractivity contribution in [1.82, 2.24) is 9.21 Å². The molecule has 0 radical (unpaired) electrons. The third-order valence-corrected chi connectivity index (χ3v) is 4.96. The van der Waals surface area contributed by atoms with Crippen molar-refractivity contribution in [3.8, 4) is 0 Å². The summed E-state index contributed by atoms with van der Waals surface area (Å²) in [5, 5.41) is 0. The molecule has 0 aliphatic carbocycles. The highest BCUT2D eigenvalue weighted by molar-refractivity contribution is 7.88. The van der Waals surface area contributed by atoms with E-state index < -0.39 is 10.0 Å². The fourth-order valence-corrected chi connectivity index (χ4v) is 3.33. The number of carbonyl (C=O) groups is 1. The maximum Gasteiger partial charge on any atom is 0.224 e. The zero-order valence-electron chi connectivity index (χ0n) is 14.5. The van der Waals surface area contributed by atoms with Crippen molar-refractivity contribution in [1.29, 1.82) is 0 Å². The van der Waals surface area contributed by atoms with Crippen LogP contribution in [-0.2, 0) is 21.4 Å². The number of hydrogen-bond donors (Lipinski definition) is 0. The summed E-state index contributed by atoms with van der Waals surface area (Å²) in [5.74, 6) is -0.0198. The lowest BCUT2D eigenvalue weighted by Crippen LogP contribution is -2.39. The Hall–Kier alpha value is -1.40. The van der Waals surface area contributed by atoms with Crippen molar-refractivity contribution in [3.05, 3.63) is 35.9 Å². The number of rotatable bonds is 9. The van der Waals surface area contributed by atoms with E-state index in [0.717, 1.165) is 12.0 Å². The Morgan fingerprint density at radius 3 is 2.22 bits per heavy atom. The van der Waals surface area contributed by atoms with E-state index in [4.69, 9.17) is 0 Å². The second-order valence-electron chi connectivity index (χ2n) is 6.01. The predicted octanol–water partition coefficient (Wildman–Crippen LogP) is 2.49. The molecule has 0 atom stereocenters. The normalized spacial score (nSPS) is 11.9. The molecule has 23 heavy (non-hydrogen) atoms. The Balaban J connectivity index is 2.71. The van der Waals surface area contributed by atoms with Crippen LogP contribution < -0.4 is 0 Å². The second kappa shape index (κ2) is 9.03. The summed E-state index contributed by atoms with van der Waals surface area (Å²) in [4.78, 5) is 14.3. The van der Waals surface area contributed by atoms with Crippen LogP contribution in [0, 0.1) is 0 Å². The van der Waals surface area contributed by atoms with Gasteiger partial charge in [-0.1, -0.05) is 37.3 Å². The van der Waals surface area contributed by atoms with Gasteiger partial charge in [0.05, 0.1) is 6.26 Å². The van der Waals surface area contributed by atoms with Crippen LogP contribution in [0.3, 0.4) is 0 Å². The molecule has 0 saturated carbocycles. The molecule has 0 fully saturated rings. The van der Waals surface area contributed by atoms with E-state index in [1.165, 1.54) is 10.6 Å². The van der Waals surface area contributed by atoms with E-state index >= 15 is 0 Å². The lowest BCUT2D eigenvalue weighted by atomic mass is 10.1. The molecular weight excluding hydrogens is 312 g/mol. The van der Waals surface area contributed by atoms with Crippen molar-refractivity contribution in [2.75, 3.05) is 19.3 Å². The summed E-state index contributed by atoms with van der Waals surface area (Å²) in [6.07, 6.45) is 2.13. The average molecular weight is 340 g/mol. The lowest BCUT2D eigenvalue weighted by molar-refractivity contribution is -0.133. The fraction of sp³-hybridized carbons (Fsp3) is 0.588. The number of nitrogens with zero attached hydrogens (tertiary/aromatic N) is 2. The molecule has 0 aliphatic heterocycles. The Labute approximate surface area is 140 Å². The lowest BCUT2D eigenvalue weighted by Gasteiger charge is -2.28. The highest BCUT2D eigenvalue weighted by Gasteiger charge is 2.21. The van der Waals surface area contributed by atoms with Crippen LogP contribution >= 0.6 is 0 Å². The Kier molecular flexibility index (Phi) is 7.72. The van der Waals surface area contributed by atoms with Crippen LogP contribution in [0.25, 0.3) is 0 Å². The quantitative estimate of drug-likeness (QED) is 0.694. The summed E-state index contributed by atoms with van der Waals surface area (Å²) in [6, 6.07) is 9.89. The summed E-state index contributed by atoms with van der Waals surface area (Å²) in [7, 11) is -3.26. The zero-order valence-corrected chi connectivity index (χ0v) is 15.3. The first-order chi connectivity index (χ1) is 10.8. The van der Waals surface area contributed by atoms with Crippen molar-refractivity contribution in [2.24, 2.45) is 0 Å². The van der Waals surface area contributed by atoms with Crippen molar-refractivity contribution in [2.45, 2.75) is 46.2 Å². The van der Waals surface area contributed by atoms with Crippen LogP contribution in [0.5, 0.6) is 0 Å². The number of carbonyl (C=O) groups excluding carboxylic acids is 1. The van der Waals surface area contributed by atoms with E-state index in [-0.39, 0.29) is 24.9 Å². The van der Waals surface area contributed by atoms with Gasteiger partial charge in [-0.15, -0.1) is 0 Å². The van der Waals surface area contributed by atoms with Gasteiger partial charge in [0.1, 0.15) is 0 Å². The topological polar surface area (TPSA) is 57.7 Å². The van der Waals surface area contributed by atoms with Crippen LogP contribution in [0.2, 0.25) is 0 Å². The number of benzene rings is 1. The van der Waals surface area contributed by atoms with Crippen molar-refractivity contribution < 1.29 is 13.2 Å². The minimum Gasteiger partial charge on any atom is -0.336 e. The molecular formula is C17H28N2O3S. The number of amides is 1. The molecule has 0 bridgehead atoms. The largest absolute Gasteiger partial charge is 0.336 e. The van der Waals surface area contributed by atoms with E-state index in [1.807, 2.05) is 51.1 Å². The monoisotopic (exact) mass is 340 g/mol. The molecule has 0 spiro atoms. The van der Waals surface area contributed by atoms with Crippen LogP contribution in [0.4, 0.5) is 0 Å². The molecule has 0 saturated heterocycles. The first kappa shape index (κ1) is 19.6. The standard InChI is InChI=1S/C17H28N2O3S/c1-5-12-18(23(4,21)22)13-11-17(20)19(15(2)3)14-16-9-7-6-8-10-16/h6-10,15H,5,11-14H2,1-4H3. The van der Waals surface area contributed by atoms with Crippen LogP contribution in [0.15, 0.2) is 30.3 Å². The summed E-state index contributed by atoms with van der Waals surface area (Å²) in [6.45, 7) is 7.11. The first-order valence-electron chi connectivity index (χ1n) is 8.04. The van der Waals surface area contributed by atoms with E-state index in [9.17, 15) is 13.2 Å². The van der Waals surface area contributed by atoms with E-state index in [0.29, 0.717) is 13.1 Å². The van der Waals surface area contributed by atoms with E-state index in [1.54, 1.807) is 4.90 Å². The van der Waals surface area contributed by atoms with Gasteiger partial charge in [-0.05, 0) is 25.8 Å². The zero-order chi connectivity index (χ0) is 17.5. The van der Waals surface area contributed by atoms with Gasteiger partial charge in [-0.3, -0.25) is 4.79 Å². The highest BCUT2D eigenvalue weighted by Crippen LogP contribution is 2.11. The molecule has 0 N–H and O–H groups in total. The second-order valence-corrected chi connectivity index (χ2v) is 8.00. The smallest absolute Gasteiger partial charge is 0.224 e. The minimum atomic E-state index is -3.26. The van der Waals surface area contributed by atoms with E-state index in [2.05, 4.69) is 0 Å². The molecule has 6 heteroatoms. The van der Waals surface area contributed by atoms with Gasteiger partial charge in [0.15, 0.2) is 0 Å². The van der Waals surface area contributed by atoms with Gasteiger partial charge >= 0.3 is 0 Å². The van der Waals surface area contributed by atoms with Gasteiger partial charge in [0, 0.05) is 32.1 Å². The SMILES string of the molecule is CCCN(CCC(=O)N(Cc1ccccc1)C(C)C)S(C)(=O)=O. The van der Waals surface area contributed by atoms with Gasteiger partial charge in [-0.25, -0.2) is 12.7 Å². The molecule has 1 amide bonds. The summed E-state index contributed by atoms with van der Waals surface area (Å²) < 4.78 is 24.8. The van der Waals surface area contributed by atoms with Crippen LogP contribution in [0.1, 0.15) is 39.2 Å². The van der Waals surface area contributed by atoms with Gasteiger partial charge in [0.2, 0.25) is 15.9 Å². The maximum atomic E-state index is 12.5. The molecule has 0 aromatic heterocycles. The molecule has 0 unspecified atom stereocenters. The van der Waals surface area contributed by atoms with Gasteiger partial charge < -0.3 is 4.90 Å². The molecule has 1 rings (SSSR count).